The van der Waals surface area contributed by atoms with E-state index in [1.807, 2.05) is 6.92 Å². The number of aromatic hydroxyl groups is 1. The van der Waals surface area contributed by atoms with Crippen LogP contribution in [0.4, 0.5) is 0 Å². The van der Waals surface area contributed by atoms with E-state index in [2.05, 4.69) is 10.9 Å². The number of fused-ring (bicyclic) bond motifs is 1. The summed E-state index contributed by atoms with van der Waals surface area (Å²) in [5.41, 5.74) is 3.93. The lowest BCUT2D eigenvalue weighted by atomic mass is 10.1. The van der Waals surface area contributed by atoms with E-state index in [-0.39, 0.29) is 12.3 Å². The quantitative estimate of drug-likeness (QED) is 0.572. The molecule has 1 aromatic heterocycles. The molecule has 0 aliphatic heterocycles. The van der Waals surface area contributed by atoms with E-state index >= 15 is 0 Å². The van der Waals surface area contributed by atoms with Crippen molar-refractivity contribution in [2.75, 3.05) is 0 Å². The molecule has 1 heterocycles. The highest BCUT2D eigenvalue weighted by Crippen LogP contribution is 2.25. The second-order valence-corrected chi connectivity index (χ2v) is 5.56. The number of pyridine rings is 1. The molecule has 3 N–H and O–H groups in total. The second kappa shape index (κ2) is 7.63. The number of rotatable bonds is 5. The molecule has 7 nitrogen and oxygen atoms in total. The number of nitrogens with one attached hydrogen (secondary N) is 2. The summed E-state index contributed by atoms with van der Waals surface area (Å²) in [7, 11) is 1.52. The second-order valence-electron chi connectivity index (χ2n) is 5.56. The van der Waals surface area contributed by atoms with Crippen molar-refractivity contribution in [3.8, 4) is 5.75 Å². The SMILES string of the molecule is CCCCCC(=O)NNC(=O)c1c(O)c2ccccc2n(C)c1=O. The zero-order valence-corrected chi connectivity index (χ0v) is 13.8. The van der Waals surface area contributed by atoms with Crippen molar-refractivity contribution in [2.45, 2.75) is 32.6 Å². The highest BCUT2D eigenvalue weighted by Gasteiger charge is 2.21. The maximum absolute atomic E-state index is 12.3. The first-order valence-corrected chi connectivity index (χ1v) is 7.87. The predicted molar refractivity (Wildman–Crippen MR) is 90.6 cm³/mol. The number of carbonyl (C=O) groups is 2. The fourth-order valence-electron chi connectivity index (χ4n) is 2.47. The third-order valence-corrected chi connectivity index (χ3v) is 3.83. The minimum Gasteiger partial charge on any atom is -0.506 e. The number of hydrogen-bond donors (Lipinski definition) is 3. The van der Waals surface area contributed by atoms with Gasteiger partial charge in [-0.1, -0.05) is 31.9 Å². The summed E-state index contributed by atoms with van der Waals surface area (Å²) in [6, 6.07) is 6.72. The lowest BCUT2D eigenvalue weighted by Gasteiger charge is -2.12. The number of unbranched alkanes of at least 4 members (excludes halogenated alkanes) is 2. The van der Waals surface area contributed by atoms with Gasteiger partial charge in [0.2, 0.25) is 5.91 Å². The zero-order valence-electron chi connectivity index (χ0n) is 13.8. The van der Waals surface area contributed by atoms with Crippen LogP contribution in [0.1, 0.15) is 43.0 Å². The van der Waals surface area contributed by atoms with E-state index in [1.54, 1.807) is 24.3 Å². The molecule has 7 heteroatoms. The van der Waals surface area contributed by atoms with E-state index in [0.717, 1.165) is 19.3 Å². The van der Waals surface area contributed by atoms with Crippen LogP contribution in [0.3, 0.4) is 0 Å². The van der Waals surface area contributed by atoms with Crippen LogP contribution in [-0.4, -0.2) is 21.5 Å². The number of aromatic nitrogens is 1. The summed E-state index contributed by atoms with van der Waals surface area (Å²) < 4.78 is 1.28. The number of nitrogens with zero attached hydrogens (tertiary/aromatic N) is 1. The molecule has 0 unspecified atom stereocenters. The van der Waals surface area contributed by atoms with Crippen molar-refractivity contribution >= 4 is 22.7 Å². The summed E-state index contributed by atoms with van der Waals surface area (Å²) in [5.74, 6) is -1.58. The molecule has 0 aliphatic carbocycles. The molecule has 1 aromatic carbocycles. The Bertz CT molecular complexity index is 826. The smallest absolute Gasteiger partial charge is 0.279 e. The lowest BCUT2D eigenvalue weighted by molar-refractivity contribution is -0.122. The molecule has 2 amide bonds. The number of aryl methyl sites for hydroxylation is 1. The molecule has 0 radical (unpaired) electrons. The first-order chi connectivity index (χ1) is 11.5. The maximum atomic E-state index is 12.3. The summed E-state index contributed by atoms with van der Waals surface area (Å²) in [6.07, 6.45) is 2.92. The number of benzene rings is 1. The van der Waals surface area contributed by atoms with Gasteiger partial charge in [0, 0.05) is 18.9 Å². The molecule has 2 aromatic rings. The lowest BCUT2D eigenvalue weighted by Crippen LogP contribution is -2.43. The average Bonchev–Trinajstić information content (AvgIpc) is 2.58. The Balaban J connectivity index is 2.21. The standard InChI is InChI=1S/C17H21N3O4/c1-3-4-5-10-13(21)18-19-16(23)14-15(22)11-8-6-7-9-12(11)20(2)17(14)24/h6-9,22H,3-5,10H2,1-2H3,(H,18,21)(H,19,23). The van der Waals surface area contributed by atoms with Crippen molar-refractivity contribution < 1.29 is 14.7 Å². The van der Waals surface area contributed by atoms with Crippen molar-refractivity contribution in [3.05, 3.63) is 40.2 Å². The molecular formula is C17H21N3O4. The van der Waals surface area contributed by atoms with Crippen LogP contribution in [0.15, 0.2) is 29.1 Å². The van der Waals surface area contributed by atoms with Crippen LogP contribution in [0.25, 0.3) is 10.9 Å². The molecule has 0 saturated heterocycles. The molecule has 24 heavy (non-hydrogen) atoms. The van der Waals surface area contributed by atoms with Crippen molar-refractivity contribution in [2.24, 2.45) is 7.05 Å². The van der Waals surface area contributed by atoms with Gasteiger partial charge in [-0.2, -0.15) is 0 Å². The van der Waals surface area contributed by atoms with Crippen LogP contribution in [-0.2, 0) is 11.8 Å². The van der Waals surface area contributed by atoms with E-state index < -0.39 is 22.8 Å². The van der Waals surface area contributed by atoms with Gasteiger partial charge in [-0.15, -0.1) is 0 Å². The molecule has 0 bridgehead atoms. The van der Waals surface area contributed by atoms with Gasteiger partial charge in [-0.25, -0.2) is 0 Å². The zero-order chi connectivity index (χ0) is 17.7. The monoisotopic (exact) mass is 331 g/mol. The van der Waals surface area contributed by atoms with Gasteiger partial charge in [0.25, 0.3) is 11.5 Å². The molecule has 0 saturated carbocycles. The Hall–Kier alpha value is -2.83. The van der Waals surface area contributed by atoms with Gasteiger partial charge < -0.3 is 9.67 Å². The van der Waals surface area contributed by atoms with Crippen LogP contribution >= 0.6 is 0 Å². The van der Waals surface area contributed by atoms with E-state index in [9.17, 15) is 19.5 Å². The van der Waals surface area contributed by atoms with E-state index in [1.165, 1.54) is 11.6 Å². The van der Waals surface area contributed by atoms with Crippen LogP contribution in [0, 0.1) is 0 Å². The summed E-state index contributed by atoms with van der Waals surface area (Å²) >= 11 is 0. The topological polar surface area (TPSA) is 100 Å². The highest BCUT2D eigenvalue weighted by atomic mass is 16.3. The minimum atomic E-state index is -0.845. The van der Waals surface area contributed by atoms with Crippen molar-refractivity contribution in [1.29, 1.82) is 0 Å². The number of hydrazine groups is 1. The summed E-state index contributed by atoms with van der Waals surface area (Å²) in [6.45, 7) is 2.03. The molecule has 2 rings (SSSR count). The largest absolute Gasteiger partial charge is 0.506 e. The van der Waals surface area contributed by atoms with E-state index in [0.29, 0.717) is 10.9 Å². The summed E-state index contributed by atoms with van der Waals surface area (Å²) in [4.78, 5) is 36.2. The fraction of sp³-hybridized carbons (Fsp3) is 0.353. The first kappa shape index (κ1) is 17.5. The van der Waals surface area contributed by atoms with Gasteiger partial charge in [-0.3, -0.25) is 25.2 Å². The molecular weight excluding hydrogens is 310 g/mol. The van der Waals surface area contributed by atoms with Crippen molar-refractivity contribution in [3.63, 3.8) is 0 Å². The molecule has 128 valence electrons. The third kappa shape index (κ3) is 3.56. The molecule has 0 spiro atoms. The Labute approximate surface area is 139 Å². The molecule has 0 fully saturated rings. The van der Waals surface area contributed by atoms with Gasteiger partial charge in [0.05, 0.1) is 5.52 Å². The molecule has 0 atom stereocenters. The number of amides is 2. The van der Waals surface area contributed by atoms with Gasteiger partial charge in [-0.05, 0) is 18.6 Å². The minimum absolute atomic E-state index is 0.288. The van der Waals surface area contributed by atoms with Gasteiger partial charge in [0.15, 0.2) is 0 Å². The van der Waals surface area contributed by atoms with Crippen LogP contribution in [0.2, 0.25) is 0 Å². The van der Waals surface area contributed by atoms with Crippen LogP contribution < -0.4 is 16.4 Å². The first-order valence-electron chi connectivity index (χ1n) is 7.87. The van der Waals surface area contributed by atoms with Gasteiger partial charge >= 0.3 is 0 Å². The van der Waals surface area contributed by atoms with Crippen LogP contribution in [0.5, 0.6) is 5.75 Å². The third-order valence-electron chi connectivity index (χ3n) is 3.83. The van der Waals surface area contributed by atoms with Gasteiger partial charge in [0.1, 0.15) is 11.3 Å². The normalized spacial score (nSPS) is 10.6. The highest BCUT2D eigenvalue weighted by molar-refractivity contribution is 6.02. The number of carbonyl (C=O) groups excluding carboxylic acids is 2. The average molecular weight is 331 g/mol. The Morgan fingerprint density at radius 3 is 2.58 bits per heavy atom. The number of hydrogen-bond acceptors (Lipinski definition) is 4. The maximum Gasteiger partial charge on any atom is 0.279 e. The summed E-state index contributed by atoms with van der Waals surface area (Å²) in [5, 5.41) is 10.7. The number of para-hydroxylation sites is 1. The predicted octanol–water partition coefficient (Wildman–Crippen LogP) is 1.59. The molecule has 0 aliphatic rings. The Morgan fingerprint density at radius 2 is 1.88 bits per heavy atom. The van der Waals surface area contributed by atoms with E-state index in [4.69, 9.17) is 0 Å². The van der Waals surface area contributed by atoms with Crippen molar-refractivity contribution in [1.82, 2.24) is 15.4 Å². The fourth-order valence-corrected chi connectivity index (χ4v) is 2.47. The Kier molecular flexibility index (Phi) is 5.57. The Morgan fingerprint density at radius 1 is 1.17 bits per heavy atom.